The molecular formula is C11H18N4. The van der Waals surface area contributed by atoms with Crippen LogP contribution in [0.25, 0.3) is 0 Å². The zero-order chi connectivity index (χ0) is 10.8. The maximum atomic E-state index is 5.91. The average molecular weight is 206 g/mol. The smallest absolute Gasteiger partial charge is 0.150 e. The van der Waals surface area contributed by atoms with Crippen LogP contribution < -0.4 is 10.6 Å². The standard InChI is InChI=1S/C11H18N4/c1-8(12)10-3-6-15(7-10)11-9(2)13-4-5-14-11/h4-5,8,10H,3,6-7,12H2,1-2H3. The second-order valence-electron chi connectivity index (χ2n) is 4.32. The molecule has 2 heterocycles. The Hall–Kier alpha value is -1.16. The van der Waals surface area contributed by atoms with E-state index in [1.165, 1.54) is 0 Å². The van der Waals surface area contributed by atoms with Gasteiger partial charge in [0.05, 0.1) is 5.69 Å². The molecule has 1 saturated heterocycles. The number of anilines is 1. The molecule has 2 atom stereocenters. The largest absolute Gasteiger partial charge is 0.355 e. The van der Waals surface area contributed by atoms with E-state index in [1.54, 1.807) is 12.4 Å². The van der Waals surface area contributed by atoms with Gasteiger partial charge in [-0.1, -0.05) is 0 Å². The van der Waals surface area contributed by atoms with Crippen molar-refractivity contribution in [1.82, 2.24) is 9.97 Å². The molecule has 0 aliphatic carbocycles. The van der Waals surface area contributed by atoms with Crippen LogP contribution in [0.5, 0.6) is 0 Å². The predicted octanol–water partition coefficient (Wildman–Crippen LogP) is 0.959. The maximum absolute atomic E-state index is 5.91. The Bertz CT molecular complexity index is 337. The first kappa shape index (κ1) is 10.4. The first-order valence-electron chi connectivity index (χ1n) is 5.46. The molecule has 15 heavy (non-hydrogen) atoms. The molecule has 1 fully saturated rings. The molecule has 82 valence electrons. The van der Waals surface area contributed by atoms with Crippen molar-refractivity contribution in [2.75, 3.05) is 18.0 Å². The number of hydrogen-bond donors (Lipinski definition) is 1. The topological polar surface area (TPSA) is 55.0 Å². The summed E-state index contributed by atoms with van der Waals surface area (Å²) >= 11 is 0. The van der Waals surface area contributed by atoms with Gasteiger partial charge in [-0.05, 0) is 26.2 Å². The highest BCUT2D eigenvalue weighted by Crippen LogP contribution is 2.24. The van der Waals surface area contributed by atoms with Gasteiger partial charge in [-0.3, -0.25) is 4.98 Å². The van der Waals surface area contributed by atoms with Crippen LogP contribution in [0.3, 0.4) is 0 Å². The van der Waals surface area contributed by atoms with Gasteiger partial charge >= 0.3 is 0 Å². The normalized spacial score (nSPS) is 23.1. The number of nitrogens with zero attached hydrogens (tertiary/aromatic N) is 3. The molecule has 1 aliphatic rings. The maximum Gasteiger partial charge on any atom is 0.150 e. The number of rotatable bonds is 2. The molecule has 1 aliphatic heterocycles. The van der Waals surface area contributed by atoms with E-state index in [-0.39, 0.29) is 6.04 Å². The van der Waals surface area contributed by atoms with E-state index in [0.717, 1.165) is 31.0 Å². The van der Waals surface area contributed by atoms with E-state index >= 15 is 0 Å². The predicted molar refractivity (Wildman–Crippen MR) is 60.7 cm³/mol. The summed E-state index contributed by atoms with van der Waals surface area (Å²) in [4.78, 5) is 10.9. The first-order chi connectivity index (χ1) is 7.18. The number of nitrogens with two attached hydrogens (primary N) is 1. The number of aromatic nitrogens is 2. The van der Waals surface area contributed by atoms with Gasteiger partial charge in [0.2, 0.25) is 0 Å². The lowest BCUT2D eigenvalue weighted by Crippen LogP contribution is -2.30. The van der Waals surface area contributed by atoms with E-state index in [1.807, 2.05) is 6.92 Å². The van der Waals surface area contributed by atoms with Crippen molar-refractivity contribution >= 4 is 5.82 Å². The minimum Gasteiger partial charge on any atom is -0.355 e. The van der Waals surface area contributed by atoms with Crippen molar-refractivity contribution in [3.8, 4) is 0 Å². The summed E-state index contributed by atoms with van der Waals surface area (Å²) in [6.07, 6.45) is 4.65. The first-order valence-corrected chi connectivity index (χ1v) is 5.46. The Morgan fingerprint density at radius 3 is 2.80 bits per heavy atom. The highest BCUT2D eigenvalue weighted by molar-refractivity contribution is 5.43. The van der Waals surface area contributed by atoms with Crippen molar-refractivity contribution in [2.24, 2.45) is 11.7 Å². The van der Waals surface area contributed by atoms with Crippen LogP contribution in [0.1, 0.15) is 19.0 Å². The quantitative estimate of drug-likeness (QED) is 0.783. The Kier molecular flexibility index (Phi) is 2.86. The lowest BCUT2D eigenvalue weighted by atomic mass is 10.0. The molecule has 0 radical (unpaired) electrons. The molecule has 1 aromatic rings. The van der Waals surface area contributed by atoms with Crippen molar-refractivity contribution in [1.29, 1.82) is 0 Å². The minimum atomic E-state index is 0.270. The fourth-order valence-corrected chi connectivity index (χ4v) is 2.12. The van der Waals surface area contributed by atoms with Gasteiger partial charge in [0.15, 0.2) is 0 Å². The number of aryl methyl sites for hydroxylation is 1. The lowest BCUT2D eigenvalue weighted by Gasteiger charge is -2.19. The summed E-state index contributed by atoms with van der Waals surface area (Å²) in [5, 5.41) is 0. The van der Waals surface area contributed by atoms with Crippen molar-refractivity contribution in [3.05, 3.63) is 18.1 Å². The summed E-state index contributed by atoms with van der Waals surface area (Å²) in [6, 6.07) is 0.270. The molecule has 1 aromatic heterocycles. The molecule has 2 rings (SSSR count). The molecule has 0 saturated carbocycles. The van der Waals surface area contributed by atoms with E-state index in [9.17, 15) is 0 Å². The van der Waals surface area contributed by atoms with Crippen molar-refractivity contribution in [3.63, 3.8) is 0 Å². The Morgan fingerprint density at radius 1 is 1.47 bits per heavy atom. The van der Waals surface area contributed by atoms with Crippen LogP contribution in [0.15, 0.2) is 12.4 Å². The second-order valence-corrected chi connectivity index (χ2v) is 4.32. The molecule has 2 unspecified atom stereocenters. The van der Waals surface area contributed by atoms with Gasteiger partial charge in [-0.25, -0.2) is 4.98 Å². The highest BCUT2D eigenvalue weighted by Gasteiger charge is 2.26. The zero-order valence-corrected chi connectivity index (χ0v) is 9.35. The summed E-state index contributed by atoms with van der Waals surface area (Å²) in [5.41, 5.74) is 6.92. The summed E-state index contributed by atoms with van der Waals surface area (Å²) in [5.74, 6) is 1.60. The highest BCUT2D eigenvalue weighted by atomic mass is 15.2. The third-order valence-electron chi connectivity index (χ3n) is 3.12. The van der Waals surface area contributed by atoms with E-state index < -0.39 is 0 Å². The minimum absolute atomic E-state index is 0.270. The van der Waals surface area contributed by atoms with E-state index in [4.69, 9.17) is 5.73 Å². The molecule has 2 N–H and O–H groups in total. The van der Waals surface area contributed by atoms with Crippen molar-refractivity contribution in [2.45, 2.75) is 26.3 Å². The lowest BCUT2D eigenvalue weighted by molar-refractivity contribution is 0.488. The average Bonchev–Trinajstić information content (AvgIpc) is 2.67. The van der Waals surface area contributed by atoms with Gasteiger partial charge in [-0.15, -0.1) is 0 Å². The summed E-state index contributed by atoms with van der Waals surface area (Å²) in [6.45, 7) is 6.14. The van der Waals surface area contributed by atoms with Crippen LogP contribution in [0.2, 0.25) is 0 Å². The Balaban J connectivity index is 2.11. The second kappa shape index (κ2) is 4.14. The number of hydrogen-bond acceptors (Lipinski definition) is 4. The van der Waals surface area contributed by atoms with E-state index in [0.29, 0.717) is 5.92 Å². The van der Waals surface area contributed by atoms with Crippen LogP contribution in [-0.4, -0.2) is 29.1 Å². The fraction of sp³-hybridized carbons (Fsp3) is 0.636. The van der Waals surface area contributed by atoms with E-state index in [2.05, 4.69) is 21.8 Å². The van der Waals surface area contributed by atoms with Crippen LogP contribution in [-0.2, 0) is 0 Å². The Labute approximate surface area is 90.5 Å². The molecule has 0 spiro atoms. The molecule has 0 bridgehead atoms. The van der Waals surface area contributed by atoms with Crippen LogP contribution in [0.4, 0.5) is 5.82 Å². The van der Waals surface area contributed by atoms with Gasteiger partial charge in [0, 0.05) is 31.5 Å². The SMILES string of the molecule is Cc1nccnc1N1CCC(C(C)N)C1. The van der Waals surface area contributed by atoms with Gasteiger partial charge in [0.1, 0.15) is 5.82 Å². The third-order valence-corrected chi connectivity index (χ3v) is 3.12. The molecule has 4 nitrogen and oxygen atoms in total. The summed E-state index contributed by atoms with van der Waals surface area (Å²) < 4.78 is 0. The molecule has 4 heteroatoms. The third kappa shape index (κ3) is 2.09. The molecule has 0 amide bonds. The monoisotopic (exact) mass is 206 g/mol. The fourth-order valence-electron chi connectivity index (χ4n) is 2.12. The zero-order valence-electron chi connectivity index (χ0n) is 9.35. The molecule has 0 aromatic carbocycles. The summed E-state index contributed by atoms with van der Waals surface area (Å²) in [7, 11) is 0. The molecular weight excluding hydrogens is 188 g/mol. The van der Waals surface area contributed by atoms with Gasteiger partial charge in [-0.2, -0.15) is 0 Å². The van der Waals surface area contributed by atoms with Crippen LogP contribution >= 0.6 is 0 Å². The van der Waals surface area contributed by atoms with Crippen molar-refractivity contribution < 1.29 is 0 Å². The Morgan fingerprint density at radius 2 is 2.20 bits per heavy atom. The van der Waals surface area contributed by atoms with Gasteiger partial charge in [0.25, 0.3) is 0 Å². The van der Waals surface area contributed by atoms with Crippen LogP contribution in [0, 0.1) is 12.8 Å². The van der Waals surface area contributed by atoms with Gasteiger partial charge < -0.3 is 10.6 Å².